The van der Waals surface area contributed by atoms with E-state index in [1.807, 2.05) is 55.5 Å². The quantitative estimate of drug-likeness (QED) is 0.460. The van der Waals surface area contributed by atoms with Gasteiger partial charge in [0.1, 0.15) is 5.75 Å². The standard InChI is InChI=1S/C31H36N4O5/c1-19-28(32-27-9-10-35(31(38)29(19)27)18-22(36)17-34-11-13-40-14-12-34)16-25-24-15-21(5-8-26(24)33-30(25)37)20-3-6-23(39-2)7-4-20/h3-8,15-16,22,27,29,32,36H,9-14,17-18H2,1-2H3,(H,33,37)/b25-16-/t22-,27?,29?/m0/s1. The average Bonchev–Trinajstić information content (AvgIpc) is 3.46. The number of methoxy groups -OCH3 is 1. The normalized spacial score (nSPS) is 24.6. The minimum Gasteiger partial charge on any atom is -0.497 e. The number of ether oxygens (including phenoxy) is 2. The monoisotopic (exact) mass is 544 g/mol. The first kappa shape index (κ1) is 26.6. The second-order valence-electron chi connectivity index (χ2n) is 11.0. The number of hydrogen-bond acceptors (Lipinski definition) is 7. The van der Waals surface area contributed by atoms with E-state index in [1.165, 1.54) is 0 Å². The lowest BCUT2D eigenvalue weighted by Gasteiger charge is -2.37. The molecule has 6 rings (SSSR count). The number of anilines is 1. The second kappa shape index (κ2) is 11.1. The number of rotatable bonds is 7. The molecular formula is C31H36N4O5. The summed E-state index contributed by atoms with van der Waals surface area (Å²) in [5.74, 6) is 0.371. The lowest BCUT2D eigenvalue weighted by Crippen LogP contribution is -2.53. The van der Waals surface area contributed by atoms with Gasteiger partial charge in [-0.05, 0) is 60.4 Å². The van der Waals surface area contributed by atoms with Crippen LogP contribution in [0.5, 0.6) is 5.75 Å². The molecule has 2 aromatic rings. The zero-order valence-corrected chi connectivity index (χ0v) is 23.0. The molecule has 9 nitrogen and oxygen atoms in total. The topological polar surface area (TPSA) is 103 Å². The highest BCUT2D eigenvalue weighted by molar-refractivity contribution is 6.32. The Morgan fingerprint density at radius 1 is 1.07 bits per heavy atom. The molecule has 4 aliphatic heterocycles. The van der Waals surface area contributed by atoms with Gasteiger partial charge < -0.3 is 30.1 Å². The fourth-order valence-corrected chi connectivity index (χ4v) is 6.23. The molecule has 40 heavy (non-hydrogen) atoms. The molecule has 0 aliphatic carbocycles. The van der Waals surface area contributed by atoms with Crippen molar-refractivity contribution in [3.8, 4) is 16.9 Å². The third-order valence-electron chi connectivity index (χ3n) is 8.44. The fourth-order valence-electron chi connectivity index (χ4n) is 6.23. The molecular weight excluding hydrogens is 508 g/mol. The van der Waals surface area contributed by atoms with Crippen molar-refractivity contribution in [2.45, 2.75) is 25.5 Å². The van der Waals surface area contributed by atoms with Crippen LogP contribution in [0.4, 0.5) is 5.69 Å². The number of carbonyl (C=O) groups excluding carboxylic acids is 2. The molecule has 0 radical (unpaired) electrons. The fraction of sp³-hybridized carbons (Fsp3) is 0.419. The average molecular weight is 545 g/mol. The summed E-state index contributed by atoms with van der Waals surface area (Å²) in [5.41, 5.74) is 5.99. The van der Waals surface area contributed by atoms with Crippen LogP contribution in [-0.4, -0.2) is 91.9 Å². The predicted octanol–water partition coefficient (Wildman–Crippen LogP) is 2.49. The Hall–Kier alpha value is -3.66. The van der Waals surface area contributed by atoms with Crippen LogP contribution in [0.15, 0.2) is 59.8 Å². The van der Waals surface area contributed by atoms with Gasteiger partial charge in [-0.2, -0.15) is 0 Å². The van der Waals surface area contributed by atoms with Crippen molar-refractivity contribution < 1.29 is 24.2 Å². The summed E-state index contributed by atoms with van der Waals surface area (Å²) in [5, 5.41) is 17.2. The number of hydrogen-bond donors (Lipinski definition) is 3. The molecule has 2 unspecified atom stereocenters. The van der Waals surface area contributed by atoms with E-state index in [1.54, 1.807) is 12.0 Å². The van der Waals surface area contributed by atoms with E-state index < -0.39 is 6.10 Å². The molecule has 0 aromatic heterocycles. The summed E-state index contributed by atoms with van der Waals surface area (Å²) >= 11 is 0. The maximum Gasteiger partial charge on any atom is 0.256 e. The van der Waals surface area contributed by atoms with Crippen molar-refractivity contribution in [3.63, 3.8) is 0 Å². The van der Waals surface area contributed by atoms with E-state index in [2.05, 4.69) is 15.5 Å². The van der Waals surface area contributed by atoms with Crippen molar-refractivity contribution in [2.24, 2.45) is 5.92 Å². The predicted molar refractivity (Wildman–Crippen MR) is 153 cm³/mol. The van der Waals surface area contributed by atoms with E-state index in [0.29, 0.717) is 38.4 Å². The number of morpholine rings is 1. The van der Waals surface area contributed by atoms with Crippen molar-refractivity contribution >= 4 is 23.1 Å². The van der Waals surface area contributed by atoms with Gasteiger partial charge in [-0.3, -0.25) is 14.5 Å². The summed E-state index contributed by atoms with van der Waals surface area (Å²) in [6.45, 7) is 6.40. The van der Waals surface area contributed by atoms with Crippen LogP contribution in [-0.2, 0) is 14.3 Å². The first-order valence-corrected chi connectivity index (χ1v) is 14.0. The number of nitrogens with one attached hydrogen (secondary N) is 2. The molecule has 3 atom stereocenters. The number of aliphatic hydroxyl groups is 1. The number of amides is 2. The largest absolute Gasteiger partial charge is 0.497 e. The van der Waals surface area contributed by atoms with Crippen LogP contribution in [0.2, 0.25) is 0 Å². The van der Waals surface area contributed by atoms with E-state index >= 15 is 0 Å². The van der Waals surface area contributed by atoms with Gasteiger partial charge in [0.25, 0.3) is 5.91 Å². The molecule has 2 amide bonds. The Kier molecular flexibility index (Phi) is 7.35. The number of nitrogens with zero attached hydrogens (tertiary/aromatic N) is 2. The van der Waals surface area contributed by atoms with E-state index in [4.69, 9.17) is 9.47 Å². The SMILES string of the molecule is COc1ccc(-c2ccc3c(c2)/C(=C/C2=C(C)C4C(=O)N(C[C@@H](O)CN5CCOCC5)CCC4N2)C(=O)N3)cc1. The van der Waals surface area contributed by atoms with Crippen molar-refractivity contribution in [3.05, 3.63) is 65.4 Å². The lowest BCUT2D eigenvalue weighted by molar-refractivity contribution is -0.139. The number of piperidine rings is 1. The number of allylic oxidation sites excluding steroid dienone is 1. The van der Waals surface area contributed by atoms with Gasteiger partial charge in [-0.25, -0.2) is 0 Å². The van der Waals surface area contributed by atoms with Crippen LogP contribution in [0.1, 0.15) is 18.9 Å². The van der Waals surface area contributed by atoms with Crippen molar-refractivity contribution in [2.75, 3.05) is 58.4 Å². The van der Waals surface area contributed by atoms with Gasteiger partial charge in [0.15, 0.2) is 0 Å². The Labute approximate surface area is 234 Å². The number of fused-ring (bicyclic) bond motifs is 2. The highest BCUT2D eigenvalue weighted by Crippen LogP contribution is 2.39. The number of likely N-dealkylation sites (tertiary alicyclic amines) is 1. The van der Waals surface area contributed by atoms with Gasteiger partial charge >= 0.3 is 0 Å². The zero-order chi connectivity index (χ0) is 27.8. The van der Waals surface area contributed by atoms with Gasteiger partial charge in [0, 0.05) is 55.7 Å². The van der Waals surface area contributed by atoms with E-state index in [9.17, 15) is 14.7 Å². The van der Waals surface area contributed by atoms with E-state index in [0.717, 1.165) is 58.9 Å². The summed E-state index contributed by atoms with van der Waals surface area (Å²) in [6, 6.07) is 13.8. The maximum atomic E-state index is 13.5. The smallest absolute Gasteiger partial charge is 0.256 e. The first-order valence-electron chi connectivity index (χ1n) is 14.0. The van der Waals surface area contributed by atoms with Crippen LogP contribution in [0, 0.1) is 5.92 Å². The van der Waals surface area contributed by atoms with Gasteiger partial charge in [0.05, 0.1) is 37.9 Å². The lowest BCUT2D eigenvalue weighted by atomic mass is 9.88. The summed E-state index contributed by atoms with van der Waals surface area (Å²) in [4.78, 5) is 30.5. The first-order chi connectivity index (χ1) is 19.4. The Morgan fingerprint density at radius 2 is 1.82 bits per heavy atom. The minimum atomic E-state index is -0.600. The van der Waals surface area contributed by atoms with Crippen molar-refractivity contribution in [1.82, 2.24) is 15.1 Å². The van der Waals surface area contributed by atoms with E-state index in [-0.39, 0.29) is 23.8 Å². The highest BCUT2D eigenvalue weighted by atomic mass is 16.5. The molecule has 0 spiro atoms. The Balaban J connectivity index is 1.20. The van der Waals surface area contributed by atoms with Crippen molar-refractivity contribution in [1.29, 1.82) is 0 Å². The number of β-amino-alcohol motifs (C(OH)–C–C–N with tert-alkyl or cyclic N) is 1. The van der Waals surface area contributed by atoms with Crippen LogP contribution >= 0.6 is 0 Å². The summed E-state index contributed by atoms with van der Waals surface area (Å²) in [7, 11) is 1.64. The van der Waals surface area contributed by atoms with Gasteiger partial charge in [-0.1, -0.05) is 18.2 Å². The molecule has 2 fully saturated rings. The molecule has 0 saturated carbocycles. The minimum absolute atomic E-state index is 0.0124. The number of benzene rings is 2. The van der Waals surface area contributed by atoms with Gasteiger partial charge in [0.2, 0.25) is 5.91 Å². The summed E-state index contributed by atoms with van der Waals surface area (Å²) < 4.78 is 10.7. The third kappa shape index (κ3) is 5.12. The van der Waals surface area contributed by atoms with Crippen LogP contribution in [0.25, 0.3) is 16.7 Å². The Morgan fingerprint density at radius 3 is 2.58 bits per heavy atom. The molecule has 3 N–H and O–H groups in total. The molecule has 4 heterocycles. The zero-order valence-electron chi connectivity index (χ0n) is 23.0. The maximum absolute atomic E-state index is 13.5. The molecule has 2 aromatic carbocycles. The third-order valence-corrected chi connectivity index (χ3v) is 8.44. The molecule has 4 aliphatic rings. The molecule has 2 saturated heterocycles. The number of carbonyl (C=O) groups is 2. The summed E-state index contributed by atoms with van der Waals surface area (Å²) in [6.07, 6.45) is 2.07. The molecule has 0 bridgehead atoms. The van der Waals surface area contributed by atoms with Gasteiger partial charge in [-0.15, -0.1) is 0 Å². The molecule has 210 valence electrons. The highest BCUT2D eigenvalue weighted by Gasteiger charge is 2.43. The van der Waals surface area contributed by atoms with Crippen LogP contribution in [0.3, 0.4) is 0 Å². The van der Waals surface area contributed by atoms with Crippen LogP contribution < -0.4 is 15.4 Å². The molecule has 9 heteroatoms. The Bertz CT molecular complexity index is 1360. The second-order valence-corrected chi connectivity index (χ2v) is 11.0. The number of aliphatic hydroxyl groups excluding tert-OH is 1.